The molecule has 0 saturated heterocycles. The summed E-state index contributed by atoms with van der Waals surface area (Å²) in [5.74, 6) is -1.71. The number of aromatic nitrogens is 1. The highest BCUT2D eigenvalue weighted by atomic mass is 32.2. The number of pyridine rings is 1. The Morgan fingerprint density at radius 1 is 1.50 bits per heavy atom. The Balaban J connectivity index is 3.21. The number of hydrogen-bond acceptors (Lipinski definition) is 4. The molecular formula is C11H14N2O4S. The molecule has 1 rings (SSSR count). The Morgan fingerprint density at radius 2 is 2.11 bits per heavy atom. The van der Waals surface area contributed by atoms with Crippen molar-refractivity contribution in [2.75, 3.05) is 0 Å². The molecule has 2 atom stereocenters. The lowest BCUT2D eigenvalue weighted by Gasteiger charge is -2.21. The quantitative estimate of drug-likeness (QED) is 0.597. The van der Waals surface area contributed by atoms with E-state index in [2.05, 4.69) is 11.6 Å². The summed E-state index contributed by atoms with van der Waals surface area (Å²) >= 11 is 0. The number of hydrogen-bond donors (Lipinski definition) is 2. The van der Waals surface area contributed by atoms with Crippen LogP contribution in [0.3, 0.4) is 0 Å². The third-order valence-electron chi connectivity index (χ3n) is 2.59. The van der Waals surface area contributed by atoms with Gasteiger partial charge in [0.1, 0.15) is 5.25 Å². The second kappa shape index (κ2) is 5.28. The summed E-state index contributed by atoms with van der Waals surface area (Å²) < 4.78 is 31.9. The van der Waals surface area contributed by atoms with E-state index in [-0.39, 0.29) is 5.57 Å². The highest BCUT2D eigenvalue weighted by Gasteiger charge is 2.35. The van der Waals surface area contributed by atoms with Gasteiger partial charge in [-0.2, -0.15) is 8.42 Å². The molecule has 2 unspecified atom stereocenters. The molecule has 6 nitrogen and oxygen atoms in total. The normalized spacial score (nSPS) is 14.8. The Morgan fingerprint density at radius 3 is 2.50 bits per heavy atom. The summed E-state index contributed by atoms with van der Waals surface area (Å²) in [5, 5.41) is -1.50. The second-order valence-corrected chi connectivity index (χ2v) is 5.41. The molecule has 0 aliphatic carbocycles. The van der Waals surface area contributed by atoms with Gasteiger partial charge in [-0.1, -0.05) is 19.6 Å². The predicted octanol–water partition coefficient (Wildman–Crippen LogP) is 0.483. The second-order valence-electron chi connectivity index (χ2n) is 3.87. The van der Waals surface area contributed by atoms with Crippen LogP contribution in [0.25, 0.3) is 0 Å². The summed E-state index contributed by atoms with van der Waals surface area (Å²) in [5.41, 5.74) is 5.07. The van der Waals surface area contributed by atoms with Crippen LogP contribution in [-0.2, 0) is 14.9 Å². The van der Waals surface area contributed by atoms with Crippen molar-refractivity contribution in [2.24, 2.45) is 5.73 Å². The van der Waals surface area contributed by atoms with Crippen molar-refractivity contribution in [3.8, 4) is 0 Å². The first-order valence-corrected chi connectivity index (χ1v) is 6.61. The van der Waals surface area contributed by atoms with Crippen molar-refractivity contribution in [2.45, 2.75) is 18.1 Å². The van der Waals surface area contributed by atoms with Crippen molar-refractivity contribution in [1.82, 2.24) is 4.98 Å². The molecule has 0 aliphatic heterocycles. The molecule has 18 heavy (non-hydrogen) atoms. The molecule has 0 radical (unpaired) electrons. The molecule has 0 aromatic carbocycles. The van der Waals surface area contributed by atoms with E-state index in [1.54, 1.807) is 18.2 Å². The number of rotatable bonds is 5. The first kappa shape index (κ1) is 14.3. The molecule has 0 fully saturated rings. The summed E-state index contributed by atoms with van der Waals surface area (Å²) in [6, 6.07) is 4.94. The number of carbonyl (C=O) groups is 1. The largest absolute Gasteiger partial charge is 0.366 e. The number of amides is 1. The zero-order chi connectivity index (χ0) is 13.9. The molecule has 1 aromatic rings. The maximum atomic E-state index is 11.4. The van der Waals surface area contributed by atoms with Crippen LogP contribution in [0.1, 0.15) is 18.5 Å². The lowest BCUT2D eigenvalue weighted by molar-refractivity contribution is -0.114. The van der Waals surface area contributed by atoms with Crippen molar-refractivity contribution in [3.05, 3.63) is 42.2 Å². The first-order valence-electron chi connectivity index (χ1n) is 5.11. The maximum Gasteiger partial charge on any atom is 0.272 e. The SMILES string of the molecule is C=C(C(N)=O)C(C(C)c1ccccn1)S(=O)(=O)O. The summed E-state index contributed by atoms with van der Waals surface area (Å²) in [4.78, 5) is 15.0. The summed E-state index contributed by atoms with van der Waals surface area (Å²) in [6.45, 7) is 4.85. The minimum atomic E-state index is -4.50. The van der Waals surface area contributed by atoms with Crippen LogP contribution in [0.4, 0.5) is 0 Å². The first-order chi connectivity index (χ1) is 8.25. The molecule has 0 saturated carbocycles. The van der Waals surface area contributed by atoms with Crippen molar-refractivity contribution >= 4 is 16.0 Å². The molecule has 3 N–H and O–H groups in total. The summed E-state index contributed by atoms with van der Waals surface area (Å²) in [6.07, 6.45) is 1.49. The Bertz CT molecular complexity index is 554. The minimum absolute atomic E-state index is 0.365. The molecule has 1 aromatic heterocycles. The third kappa shape index (κ3) is 3.14. The van der Waals surface area contributed by atoms with Gasteiger partial charge in [-0.25, -0.2) is 0 Å². The van der Waals surface area contributed by atoms with E-state index in [4.69, 9.17) is 5.73 Å². The van der Waals surface area contributed by atoms with Gasteiger partial charge in [-0.05, 0) is 12.1 Å². The zero-order valence-corrected chi connectivity index (χ0v) is 10.6. The van der Waals surface area contributed by atoms with Crippen LogP contribution >= 0.6 is 0 Å². The fraction of sp³-hybridized carbons (Fsp3) is 0.273. The van der Waals surface area contributed by atoms with Crippen molar-refractivity contribution in [1.29, 1.82) is 0 Å². The molecule has 0 spiro atoms. The molecular weight excluding hydrogens is 256 g/mol. The van der Waals surface area contributed by atoms with Gasteiger partial charge < -0.3 is 5.73 Å². The predicted molar refractivity (Wildman–Crippen MR) is 66.3 cm³/mol. The topological polar surface area (TPSA) is 110 Å². The van der Waals surface area contributed by atoms with Gasteiger partial charge in [0.25, 0.3) is 10.1 Å². The number of primary amides is 1. The van der Waals surface area contributed by atoms with Crippen LogP contribution < -0.4 is 5.73 Å². The molecule has 0 aliphatic rings. The van der Waals surface area contributed by atoms with Crippen LogP contribution in [0.5, 0.6) is 0 Å². The molecule has 7 heteroatoms. The van der Waals surface area contributed by atoms with Crippen LogP contribution in [0.2, 0.25) is 0 Å². The van der Waals surface area contributed by atoms with Gasteiger partial charge in [0.15, 0.2) is 0 Å². The lowest BCUT2D eigenvalue weighted by Crippen LogP contribution is -2.34. The highest BCUT2D eigenvalue weighted by Crippen LogP contribution is 2.26. The average Bonchev–Trinajstić information content (AvgIpc) is 2.28. The Hall–Kier alpha value is -1.73. The zero-order valence-electron chi connectivity index (χ0n) is 9.78. The Labute approximate surface area is 105 Å². The van der Waals surface area contributed by atoms with E-state index in [9.17, 15) is 17.8 Å². The van der Waals surface area contributed by atoms with Crippen molar-refractivity contribution in [3.63, 3.8) is 0 Å². The molecule has 1 amide bonds. The molecule has 0 bridgehead atoms. The van der Waals surface area contributed by atoms with Gasteiger partial charge in [-0.15, -0.1) is 0 Å². The van der Waals surface area contributed by atoms with Gasteiger partial charge in [0.05, 0.1) is 0 Å². The smallest absolute Gasteiger partial charge is 0.272 e. The van der Waals surface area contributed by atoms with Gasteiger partial charge in [0.2, 0.25) is 5.91 Å². The maximum absolute atomic E-state index is 11.4. The molecule has 98 valence electrons. The number of nitrogens with two attached hydrogens (primary N) is 1. The van der Waals surface area contributed by atoms with E-state index >= 15 is 0 Å². The fourth-order valence-electron chi connectivity index (χ4n) is 1.68. The van der Waals surface area contributed by atoms with Crippen molar-refractivity contribution < 1.29 is 17.8 Å². The number of nitrogens with zero attached hydrogens (tertiary/aromatic N) is 1. The molecule has 1 heterocycles. The van der Waals surface area contributed by atoms with Gasteiger partial charge in [0, 0.05) is 23.4 Å². The summed E-state index contributed by atoms with van der Waals surface area (Å²) in [7, 11) is -4.50. The van der Waals surface area contributed by atoms with E-state index in [0.717, 1.165) is 0 Å². The van der Waals surface area contributed by atoms with Crippen LogP contribution in [-0.4, -0.2) is 29.1 Å². The monoisotopic (exact) mass is 270 g/mol. The van der Waals surface area contributed by atoms with E-state index < -0.39 is 27.2 Å². The minimum Gasteiger partial charge on any atom is -0.366 e. The standard InChI is InChI=1S/C11H14N2O4S/c1-7(9-5-3-4-6-13-9)10(18(15,16)17)8(2)11(12)14/h3-7,10H,2H2,1H3,(H2,12,14)(H,15,16,17). The highest BCUT2D eigenvalue weighted by molar-refractivity contribution is 7.86. The number of carbonyl (C=O) groups excluding carboxylic acids is 1. The van der Waals surface area contributed by atoms with E-state index in [0.29, 0.717) is 5.69 Å². The van der Waals surface area contributed by atoms with E-state index in [1.807, 2.05) is 0 Å². The van der Waals surface area contributed by atoms with Gasteiger partial charge in [-0.3, -0.25) is 14.3 Å². The third-order valence-corrected chi connectivity index (χ3v) is 3.92. The Kier molecular flexibility index (Phi) is 4.20. The van der Waals surface area contributed by atoms with Crippen LogP contribution in [0.15, 0.2) is 36.5 Å². The lowest BCUT2D eigenvalue weighted by atomic mass is 9.97. The fourth-order valence-corrected chi connectivity index (χ4v) is 2.81. The van der Waals surface area contributed by atoms with Gasteiger partial charge >= 0.3 is 0 Å². The van der Waals surface area contributed by atoms with Crippen LogP contribution in [0, 0.1) is 0 Å². The average molecular weight is 270 g/mol. The van der Waals surface area contributed by atoms with E-state index in [1.165, 1.54) is 13.1 Å².